The van der Waals surface area contributed by atoms with Gasteiger partial charge in [-0.2, -0.15) is 0 Å². The molecular weight excluding hydrogens is 485 g/mol. The molecule has 3 aromatic carbocycles. The van der Waals surface area contributed by atoms with Gasteiger partial charge < -0.3 is 15.7 Å². The molecule has 0 bridgehead atoms. The van der Waals surface area contributed by atoms with Crippen molar-refractivity contribution in [3.05, 3.63) is 95.3 Å². The lowest BCUT2D eigenvalue weighted by atomic mass is 9.94. The number of hydrogen-bond acceptors (Lipinski definition) is 3. The molecule has 0 aromatic heterocycles. The minimum Gasteiger partial charge on any atom is -0.481 e. The number of carbonyl (C=O) groups is 3. The van der Waals surface area contributed by atoms with E-state index < -0.39 is 41.0 Å². The molecule has 0 unspecified atom stereocenters. The third-order valence-electron chi connectivity index (χ3n) is 5.69. The summed E-state index contributed by atoms with van der Waals surface area (Å²) < 4.78 is 39.9. The molecule has 6 nitrogen and oxygen atoms in total. The van der Waals surface area contributed by atoms with Crippen LogP contribution in [0.15, 0.2) is 66.7 Å². The lowest BCUT2D eigenvalue weighted by Gasteiger charge is -2.29. The molecule has 9 heteroatoms. The van der Waals surface area contributed by atoms with Crippen LogP contribution in [0.3, 0.4) is 0 Å². The highest BCUT2D eigenvalue weighted by Gasteiger charge is 2.28. The first-order chi connectivity index (χ1) is 17.4. The predicted molar refractivity (Wildman–Crippen MR) is 132 cm³/mol. The molecule has 0 aliphatic carbocycles. The average molecular weight is 513 g/mol. The number of halogens is 3. The molecular formula is C28H27F3N2O4. The molecule has 0 aliphatic heterocycles. The predicted octanol–water partition coefficient (Wildman–Crippen LogP) is 4.87. The Morgan fingerprint density at radius 1 is 0.865 bits per heavy atom. The van der Waals surface area contributed by atoms with Crippen LogP contribution in [-0.4, -0.2) is 34.5 Å². The van der Waals surface area contributed by atoms with Crippen molar-refractivity contribution in [2.75, 3.05) is 0 Å². The number of benzene rings is 3. The minimum absolute atomic E-state index is 0.132. The monoisotopic (exact) mass is 512 g/mol. The zero-order valence-corrected chi connectivity index (χ0v) is 20.4. The zero-order chi connectivity index (χ0) is 27.2. The Morgan fingerprint density at radius 2 is 1.49 bits per heavy atom. The van der Waals surface area contributed by atoms with E-state index in [1.165, 1.54) is 30.3 Å². The Bertz CT molecular complexity index is 1280. The highest BCUT2D eigenvalue weighted by atomic mass is 19.2. The molecule has 37 heavy (non-hydrogen) atoms. The number of hydrogen-bond donors (Lipinski definition) is 3. The topological polar surface area (TPSA) is 95.5 Å². The van der Waals surface area contributed by atoms with Gasteiger partial charge >= 0.3 is 5.97 Å². The molecule has 0 fully saturated rings. The normalized spacial score (nSPS) is 12.0. The number of aliphatic carboxylic acids is 1. The van der Waals surface area contributed by atoms with Crippen molar-refractivity contribution in [1.82, 2.24) is 10.6 Å². The van der Waals surface area contributed by atoms with Crippen LogP contribution in [0.25, 0.3) is 11.1 Å². The van der Waals surface area contributed by atoms with Gasteiger partial charge in [0.15, 0.2) is 11.6 Å². The van der Waals surface area contributed by atoms with Crippen molar-refractivity contribution >= 4 is 17.8 Å². The highest BCUT2D eigenvalue weighted by molar-refractivity contribution is 5.98. The summed E-state index contributed by atoms with van der Waals surface area (Å²) in [6, 6.07) is 14.2. The summed E-state index contributed by atoms with van der Waals surface area (Å²) in [6.07, 6.45) is -0.0949. The van der Waals surface area contributed by atoms with Gasteiger partial charge in [0.1, 0.15) is 11.9 Å². The van der Waals surface area contributed by atoms with Crippen LogP contribution in [0, 0.1) is 17.5 Å². The lowest BCUT2D eigenvalue weighted by Crippen LogP contribution is -2.54. The van der Waals surface area contributed by atoms with E-state index in [0.29, 0.717) is 17.5 Å². The first-order valence-electron chi connectivity index (χ1n) is 11.6. The second-order valence-corrected chi connectivity index (χ2v) is 9.34. The fourth-order valence-electron chi connectivity index (χ4n) is 3.85. The Morgan fingerprint density at radius 3 is 2.08 bits per heavy atom. The van der Waals surface area contributed by atoms with Crippen molar-refractivity contribution in [3.63, 3.8) is 0 Å². The number of nitrogens with one attached hydrogen (secondary N) is 2. The molecule has 0 spiro atoms. The second kappa shape index (κ2) is 11.7. The van der Waals surface area contributed by atoms with Crippen molar-refractivity contribution in [3.8, 4) is 11.1 Å². The Kier molecular flexibility index (Phi) is 8.70. The van der Waals surface area contributed by atoms with Gasteiger partial charge in [0.2, 0.25) is 5.91 Å². The number of carboxylic acid groups (broad SMARTS) is 1. The van der Waals surface area contributed by atoms with Crippen LogP contribution in [0.1, 0.15) is 42.6 Å². The van der Waals surface area contributed by atoms with E-state index >= 15 is 0 Å². The molecule has 2 amide bonds. The van der Waals surface area contributed by atoms with Gasteiger partial charge in [-0.25, -0.2) is 13.2 Å². The Hall–Kier alpha value is -4.14. The summed E-state index contributed by atoms with van der Waals surface area (Å²) in [6.45, 7) is 3.53. The fourth-order valence-corrected chi connectivity index (χ4v) is 3.85. The molecule has 0 saturated carbocycles. The van der Waals surface area contributed by atoms with E-state index in [1.54, 1.807) is 38.1 Å². The standard InChI is InChI=1S/C28H27F3N2O4/c1-28(2,16-17-3-10-21(29)11-4-17)33-27(37)24(13-14-25(34)35)32-26(36)19-7-5-18(6-8-19)20-9-12-22(30)23(31)15-20/h3-12,15,24H,13-14,16H2,1-2H3,(H,32,36)(H,33,37)(H,34,35)/t24-/m0/s1. The average Bonchev–Trinajstić information content (AvgIpc) is 2.84. The van der Waals surface area contributed by atoms with Crippen LogP contribution in [-0.2, 0) is 16.0 Å². The number of carboxylic acids is 1. The molecule has 194 valence electrons. The van der Waals surface area contributed by atoms with Gasteiger partial charge in [0.05, 0.1) is 0 Å². The first kappa shape index (κ1) is 27.4. The molecule has 3 rings (SSSR count). The van der Waals surface area contributed by atoms with E-state index in [0.717, 1.165) is 17.7 Å². The maximum atomic E-state index is 13.5. The van der Waals surface area contributed by atoms with Crippen LogP contribution < -0.4 is 10.6 Å². The van der Waals surface area contributed by atoms with Gasteiger partial charge in [-0.1, -0.05) is 30.3 Å². The summed E-state index contributed by atoms with van der Waals surface area (Å²) in [4.78, 5) is 37.0. The summed E-state index contributed by atoms with van der Waals surface area (Å²) in [5.74, 6) is -4.60. The van der Waals surface area contributed by atoms with Crippen molar-refractivity contribution < 1.29 is 32.7 Å². The lowest BCUT2D eigenvalue weighted by molar-refractivity contribution is -0.137. The van der Waals surface area contributed by atoms with Crippen molar-refractivity contribution in [1.29, 1.82) is 0 Å². The first-order valence-corrected chi connectivity index (χ1v) is 11.6. The van der Waals surface area contributed by atoms with E-state index in [4.69, 9.17) is 5.11 Å². The molecule has 3 N–H and O–H groups in total. The van der Waals surface area contributed by atoms with E-state index in [9.17, 15) is 27.6 Å². The maximum Gasteiger partial charge on any atom is 0.303 e. The van der Waals surface area contributed by atoms with Crippen molar-refractivity contribution in [2.24, 2.45) is 0 Å². The van der Waals surface area contributed by atoms with Gasteiger partial charge in [0, 0.05) is 17.5 Å². The molecule has 0 saturated heterocycles. The van der Waals surface area contributed by atoms with E-state index in [1.807, 2.05) is 0 Å². The largest absolute Gasteiger partial charge is 0.481 e. The highest BCUT2D eigenvalue weighted by Crippen LogP contribution is 2.22. The van der Waals surface area contributed by atoms with E-state index in [2.05, 4.69) is 10.6 Å². The minimum atomic E-state index is -1.12. The number of amides is 2. The van der Waals surface area contributed by atoms with Gasteiger partial charge in [0.25, 0.3) is 5.91 Å². The quantitative estimate of drug-likeness (QED) is 0.361. The summed E-state index contributed by atoms with van der Waals surface area (Å²) in [5, 5.41) is 14.5. The second-order valence-electron chi connectivity index (χ2n) is 9.34. The van der Waals surface area contributed by atoms with Gasteiger partial charge in [-0.05, 0) is 79.8 Å². The maximum absolute atomic E-state index is 13.5. The molecule has 0 radical (unpaired) electrons. The summed E-state index contributed by atoms with van der Waals surface area (Å²) >= 11 is 0. The van der Waals surface area contributed by atoms with Gasteiger partial charge in [-0.15, -0.1) is 0 Å². The smallest absolute Gasteiger partial charge is 0.303 e. The number of rotatable bonds is 10. The fraction of sp³-hybridized carbons (Fsp3) is 0.250. The van der Waals surface area contributed by atoms with Gasteiger partial charge in [-0.3, -0.25) is 14.4 Å². The molecule has 0 aliphatic rings. The Labute approximate surface area is 212 Å². The van der Waals surface area contributed by atoms with Crippen molar-refractivity contribution in [2.45, 2.75) is 44.7 Å². The summed E-state index contributed by atoms with van der Waals surface area (Å²) in [5.41, 5.74) is 1.20. The SMILES string of the molecule is CC(C)(Cc1ccc(F)cc1)NC(=O)[C@H](CCC(=O)O)NC(=O)c1ccc(-c2ccc(F)c(F)c2)cc1. The van der Waals surface area contributed by atoms with Crippen LogP contribution in [0.4, 0.5) is 13.2 Å². The Balaban J connectivity index is 1.70. The molecule has 1 atom stereocenters. The zero-order valence-electron chi connectivity index (χ0n) is 20.4. The van der Waals surface area contributed by atoms with Crippen LogP contribution in [0.5, 0.6) is 0 Å². The molecule has 0 heterocycles. The van der Waals surface area contributed by atoms with Crippen LogP contribution >= 0.6 is 0 Å². The number of carbonyl (C=O) groups excluding carboxylic acids is 2. The third-order valence-corrected chi connectivity index (χ3v) is 5.69. The summed E-state index contributed by atoms with van der Waals surface area (Å²) in [7, 11) is 0. The van der Waals surface area contributed by atoms with Crippen LogP contribution in [0.2, 0.25) is 0 Å². The van der Waals surface area contributed by atoms with E-state index in [-0.39, 0.29) is 24.2 Å². The third kappa shape index (κ3) is 7.93. The molecule has 3 aromatic rings.